The Hall–Kier alpha value is -2.86. The topological polar surface area (TPSA) is 64.0 Å². The van der Waals surface area contributed by atoms with Gasteiger partial charge in [0.1, 0.15) is 0 Å². The summed E-state index contributed by atoms with van der Waals surface area (Å²) in [5.74, 6) is 1.21. The van der Waals surface area contributed by atoms with E-state index in [1.54, 1.807) is 18.6 Å². The van der Waals surface area contributed by atoms with Crippen molar-refractivity contribution in [2.45, 2.75) is 32.4 Å². The van der Waals surface area contributed by atoms with Crippen molar-refractivity contribution in [2.75, 3.05) is 6.54 Å². The van der Waals surface area contributed by atoms with Gasteiger partial charge in [0.2, 0.25) is 5.88 Å². The zero-order valence-corrected chi connectivity index (χ0v) is 14.7. The van der Waals surface area contributed by atoms with Crippen molar-refractivity contribution < 1.29 is 4.74 Å². The first-order valence-electron chi connectivity index (χ1n) is 8.84. The molecule has 1 aliphatic rings. The Morgan fingerprint density at radius 2 is 2.04 bits per heavy atom. The molecule has 0 amide bonds. The van der Waals surface area contributed by atoms with Crippen LogP contribution in [0.2, 0.25) is 0 Å². The van der Waals surface area contributed by atoms with Gasteiger partial charge in [-0.25, -0.2) is 4.98 Å². The van der Waals surface area contributed by atoms with Gasteiger partial charge in [0, 0.05) is 25.1 Å². The van der Waals surface area contributed by atoms with Crippen LogP contribution in [0.15, 0.2) is 55.2 Å². The van der Waals surface area contributed by atoms with Gasteiger partial charge in [-0.1, -0.05) is 6.07 Å². The van der Waals surface area contributed by atoms with Gasteiger partial charge in [0.25, 0.3) is 0 Å². The fourth-order valence-electron chi connectivity index (χ4n) is 3.34. The molecule has 1 saturated heterocycles. The second-order valence-electron chi connectivity index (χ2n) is 6.46. The number of hydrogen-bond donors (Lipinski definition) is 0. The van der Waals surface area contributed by atoms with Crippen molar-refractivity contribution in [3.8, 4) is 11.6 Å². The van der Waals surface area contributed by atoms with Gasteiger partial charge in [-0.3, -0.25) is 19.9 Å². The maximum absolute atomic E-state index is 5.90. The molecule has 0 aromatic carbocycles. The predicted octanol–water partition coefficient (Wildman–Crippen LogP) is 3.70. The molecule has 0 N–H and O–H groups in total. The summed E-state index contributed by atoms with van der Waals surface area (Å²) in [5, 5.41) is 0. The highest BCUT2D eigenvalue weighted by Gasteiger charge is 2.27. The number of aromatic nitrogens is 4. The first-order valence-corrected chi connectivity index (χ1v) is 8.84. The van der Waals surface area contributed by atoms with Crippen LogP contribution in [0, 0.1) is 6.92 Å². The number of nitrogens with zero attached hydrogens (tertiary/aromatic N) is 5. The van der Waals surface area contributed by atoms with Gasteiger partial charge in [0.15, 0.2) is 5.75 Å². The maximum Gasteiger partial charge on any atom is 0.238 e. The molecule has 6 heteroatoms. The van der Waals surface area contributed by atoms with Gasteiger partial charge in [-0.2, -0.15) is 0 Å². The molecule has 1 atom stereocenters. The molecule has 4 rings (SSSR count). The lowest BCUT2D eigenvalue weighted by Crippen LogP contribution is -2.23. The zero-order chi connectivity index (χ0) is 17.8. The van der Waals surface area contributed by atoms with E-state index in [9.17, 15) is 0 Å². The maximum atomic E-state index is 5.90. The van der Waals surface area contributed by atoms with Crippen LogP contribution in [0.4, 0.5) is 0 Å². The van der Waals surface area contributed by atoms with Gasteiger partial charge < -0.3 is 4.74 Å². The second kappa shape index (κ2) is 7.58. The normalized spacial score (nSPS) is 17.3. The van der Waals surface area contributed by atoms with Crippen LogP contribution in [-0.2, 0) is 6.54 Å². The molecule has 1 aliphatic heterocycles. The quantitative estimate of drug-likeness (QED) is 0.701. The lowest BCUT2D eigenvalue weighted by molar-refractivity contribution is 0.242. The molecule has 6 nitrogen and oxygen atoms in total. The van der Waals surface area contributed by atoms with Crippen LogP contribution in [0.3, 0.4) is 0 Å². The first-order chi connectivity index (χ1) is 12.8. The molecule has 0 spiro atoms. The third-order valence-electron chi connectivity index (χ3n) is 4.62. The van der Waals surface area contributed by atoms with Crippen molar-refractivity contribution in [1.29, 1.82) is 0 Å². The minimum absolute atomic E-state index is 0.251. The Bertz CT molecular complexity index is 871. The fraction of sp³-hybridized carbons (Fsp3) is 0.300. The van der Waals surface area contributed by atoms with E-state index in [0.717, 1.165) is 37.3 Å². The van der Waals surface area contributed by atoms with E-state index in [4.69, 9.17) is 9.72 Å². The number of pyridine rings is 2. The van der Waals surface area contributed by atoms with E-state index in [-0.39, 0.29) is 6.04 Å². The summed E-state index contributed by atoms with van der Waals surface area (Å²) in [7, 11) is 0. The Labute approximate surface area is 152 Å². The van der Waals surface area contributed by atoms with E-state index in [1.807, 2.05) is 37.5 Å². The lowest BCUT2D eigenvalue weighted by Gasteiger charge is -2.24. The van der Waals surface area contributed by atoms with E-state index in [0.29, 0.717) is 11.6 Å². The SMILES string of the molecule is Cc1ncccc1Oc1cncc([C@@H]2CCCN2Cc2cccnc2)n1. The summed E-state index contributed by atoms with van der Waals surface area (Å²) in [6.07, 6.45) is 11.2. The molecule has 3 aromatic rings. The summed E-state index contributed by atoms with van der Waals surface area (Å²) in [4.78, 5) is 20.0. The summed E-state index contributed by atoms with van der Waals surface area (Å²) >= 11 is 0. The Kier molecular flexibility index (Phi) is 4.84. The number of likely N-dealkylation sites (tertiary alicyclic amines) is 1. The van der Waals surface area contributed by atoms with Crippen molar-refractivity contribution in [3.63, 3.8) is 0 Å². The highest BCUT2D eigenvalue weighted by atomic mass is 16.5. The fourth-order valence-corrected chi connectivity index (χ4v) is 3.34. The standard InChI is InChI=1S/C20H21N5O/c1-15-19(7-3-9-23-15)26-20-13-22-12-17(24-20)18-6-4-10-25(18)14-16-5-2-8-21-11-16/h2-3,5,7-9,11-13,18H,4,6,10,14H2,1H3/t18-/m0/s1. The van der Waals surface area contributed by atoms with Crippen LogP contribution >= 0.6 is 0 Å². The molecule has 0 aliphatic carbocycles. The summed E-state index contributed by atoms with van der Waals surface area (Å²) in [6, 6.07) is 8.08. The molecule has 4 heterocycles. The van der Waals surface area contributed by atoms with Gasteiger partial charge in [-0.15, -0.1) is 0 Å². The second-order valence-corrected chi connectivity index (χ2v) is 6.46. The van der Waals surface area contributed by atoms with Gasteiger partial charge in [-0.05, 0) is 50.1 Å². The highest BCUT2D eigenvalue weighted by molar-refractivity contribution is 5.29. The molecule has 26 heavy (non-hydrogen) atoms. The molecule has 0 bridgehead atoms. The van der Waals surface area contributed by atoms with E-state index < -0.39 is 0 Å². The summed E-state index contributed by atoms with van der Waals surface area (Å²) in [6.45, 7) is 3.83. The summed E-state index contributed by atoms with van der Waals surface area (Å²) < 4.78 is 5.90. The van der Waals surface area contributed by atoms with Crippen molar-refractivity contribution in [1.82, 2.24) is 24.8 Å². The summed E-state index contributed by atoms with van der Waals surface area (Å²) in [5.41, 5.74) is 3.00. The van der Waals surface area contributed by atoms with E-state index in [1.165, 1.54) is 5.56 Å². The highest BCUT2D eigenvalue weighted by Crippen LogP contribution is 2.33. The molecule has 0 radical (unpaired) electrons. The molecule has 1 fully saturated rings. The first kappa shape index (κ1) is 16.6. The zero-order valence-electron chi connectivity index (χ0n) is 14.7. The molecular weight excluding hydrogens is 326 g/mol. The van der Waals surface area contributed by atoms with E-state index in [2.05, 4.69) is 25.9 Å². The van der Waals surface area contributed by atoms with Crippen molar-refractivity contribution in [3.05, 3.63) is 72.2 Å². The average Bonchev–Trinajstić information content (AvgIpc) is 3.13. The number of aryl methyl sites for hydroxylation is 1. The predicted molar refractivity (Wildman–Crippen MR) is 97.7 cm³/mol. The van der Waals surface area contributed by atoms with Crippen LogP contribution in [0.1, 0.15) is 35.8 Å². The largest absolute Gasteiger partial charge is 0.436 e. The van der Waals surface area contributed by atoms with Crippen molar-refractivity contribution in [2.24, 2.45) is 0 Å². The number of hydrogen-bond acceptors (Lipinski definition) is 6. The Morgan fingerprint density at radius 3 is 2.88 bits per heavy atom. The van der Waals surface area contributed by atoms with Gasteiger partial charge in [0.05, 0.1) is 29.8 Å². The average molecular weight is 347 g/mol. The smallest absolute Gasteiger partial charge is 0.238 e. The minimum Gasteiger partial charge on any atom is -0.436 e. The third kappa shape index (κ3) is 3.70. The monoisotopic (exact) mass is 347 g/mol. The molecule has 0 saturated carbocycles. The van der Waals surface area contributed by atoms with E-state index >= 15 is 0 Å². The lowest BCUT2D eigenvalue weighted by atomic mass is 10.1. The minimum atomic E-state index is 0.251. The van der Waals surface area contributed by atoms with Crippen LogP contribution in [0.5, 0.6) is 11.6 Å². The van der Waals surface area contributed by atoms with Crippen molar-refractivity contribution >= 4 is 0 Å². The number of rotatable bonds is 5. The molecule has 3 aromatic heterocycles. The van der Waals surface area contributed by atoms with Crippen LogP contribution in [-0.4, -0.2) is 31.4 Å². The van der Waals surface area contributed by atoms with Crippen LogP contribution in [0.25, 0.3) is 0 Å². The third-order valence-corrected chi connectivity index (χ3v) is 4.62. The Balaban J connectivity index is 1.53. The van der Waals surface area contributed by atoms with Crippen LogP contribution < -0.4 is 4.74 Å². The molecular formula is C20H21N5O. The molecule has 0 unspecified atom stereocenters. The Morgan fingerprint density at radius 1 is 1.12 bits per heavy atom. The molecule has 132 valence electrons. The van der Waals surface area contributed by atoms with Gasteiger partial charge >= 0.3 is 0 Å². The number of ether oxygens (including phenoxy) is 1.